The van der Waals surface area contributed by atoms with Crippen molar-refractivity contribution in [2.45, 2.75) is 52.5 Å². The molecule has 0 aromatic carbocycles. The van der Waals surface area contributed by atoms with Gasteiger partial charge in [0.25, 0.3) is 0 Å². The molecule has 1 aliphatic rings. The predicted octanol–water partition coefficient (Wildman–Crippen LogP) is 2.32. The lowest BCUT2D eigenvalue weighted by Gasteiger charge is -2.31. The molecule has 2 amide bonds. The van der Waals surface area contributed by atoms with E-state index in [0.29, 0.717) is 25.4 Å². The molecule has 5 heteroatoms. The van der Waals surface area contributed by atoms with Crippen LogP contribution in [0.5, 0.6) is 0 Å². The van der Waals surface area contributed by atoms with E-state index in [-0.39, 0.29) is 12.1 Å². The maximum atomic E-state index is 12.0. The number of piperidine rings is 1. The summed E-state index contributed by atoms with van der Waals surface area (Å²) in [4.78, 5) is 24.6. The van der Waals surface area contributed by atoms with Crippen LogP contribution in [0.2, 0.25) is 0 Å². The van der Waals surface area contributed by atoms with Gasteiger partial charge in [0.15, 0.2) is 0 Å². The van der Waals surface area contributed by atoms with E-state index in [0.717, 1.165) is 19.3 Å². The largest absolute Gasteiger partial charge is 0.481 e. The summed E-state index contributed by atoms with van der Waals surface area (Å²) >= 11 is 0. The van der Waals surface area contributed by atoms with Crippen molar-refractivity contribution >= 4 is 12.0 Å². The normalized spacial score (nSPS) is 21.3. The molecular formula is C14H26N2O3. The van der Waals surface area contributed by atoms with E-state index in [9.17, 15) is 9.59 Å². The first-order valence-electron chi connectivity index (χ1n) is 7.18. The molecule has 1 aliphatic heterocycles. The lowest BCUT2D eigenvalue weighted by Crippen LogP contribution is -2.49. The van der Waals surface area contributed by atoms with Crippen LogP contribution in [0.1, 0.15) is 46.5 Å². The minimum atomic E-state index is -0.801. The highest BCUT2D eigenvalue weighted by Gasteiger charge is 2.28. The summed E-state index contributed by atoms with van der Waals surface area (Å²) in [6, 6.07) is 0.0160. The number of carbonyl (C=O) groups is 2. The van der Waals surface area contributed by atoms with Crippen LogP contribution in [-0.4, -0.2) is 41.1 Å². The Morgan fingerprint density at radius 3 is 2.58 bits per heavy atom. The molecule has 19 heavy (non-hydrogen) atoms. The van der Waals surface area contributed by atoms with Crippen molar-refractivity contribution in [1.82, 2.24) is 10.2 Å². The van der Waals surface area contributed by atoms with E-state index >= 15 is 0 Å². The molecule has 110 valence electrons. The zero-order chi connectivity index (χ0) is 14.4. The smallest absolute Gasteiger partial charge is 0.317 e. The van der Waals surface area contributed by atoms with Gasteiger partial charge in [0.1, 0.15) is 0 Å². The fraction of sp³-hybridized carbons (Fsp3) is 0.857. The van der Waals surface area contributed by atoms with Crippen LogP contribution in [0.4, 0.5) is 4.79 Å². The Bertz CT molecular complexity index is 318. The lowest BCUT2D eigenvalue weighted by molar-refractivity contribution is -0.143. The SMILES string of the molecule is CC(C)CCC(C)NC(=O)N1CCC[C@H](C(=O)O)C1. The summed E-state index contributed by atoms with van der Waals surface area (Å²) in [6.07, 6.45) is 3.48. The first kappa shape index (κ1) is 15.8. The molecule has 1 rings (SSSR count). The quantitative estimate of drug-likeness (QED) is 0.805. The number of rotatable bonds is 5. The second kappa shape index (κ2) is 7.36. The van der Waals surface area contributed by atoms with E-state index in [2.05, 4.69) is 19.2 Å². The Morgan fingerprint density at radius 2 is 2.00 bits per heavy atom. The minimum Gasteiger partial charge on any atom is -0.481 e. The third-order valence-electron chi connectivity index (χ3n) is 3.60. The molecule has 1 saturated heterocycles. The summed E-state index contributed by atoms with van der Waals surface area (Å²) in [5.41, 5.74) is 0. The van der Waals surface area contributed by atoms with Crippen molar-refractivity contribution in [3.05, 3.63) is 0 Å². The topological polar surface area (TPSA) is 69.6 Å². The molecule has 0 aliphatic carbocycles. The van der Waals surface area contributed by atoms with Crippen LogP contribution in [-0.2, 0) is 4.79 Å². The molecule has 0 bridgehead atoms. The van der Waals surface area contributed by atoms with Crippen LogP contribution in [0, 0.1) is 11.8 Å². The van der Waals surface area contributed by atoms with Gasteiger partial charge in [-0.2, -0.15) is 0 Å². The van der Waals surface area contributed by atoms with Gasteiger partial charge in [0.2, 0.25) is 0 Å². The van der Waals surface area contributed by atoms with E-state index in [1.54, 1.807) is 4.90 Å². The molecule has 5 nitrogen and oxygen atoms in total. The number of nitrogens with one attached hydrogen (secondary N) is 1. The Labute approximate surface area is 115 Å². The number of carbonyl (C=O) groups excluding carboxylic acids is 1. The van der Waals surface area contributed by atoms with Crippen molar-refractivity contribution < 1.29 is 14.7 Å². The number of amides is 2. The summed E-state index contributed by atoms with van der Waals surface area (Å²) < 4.78 is 0. The van der Waals surface area contributed by atoms with Gasteiger partial charge in [-0.15, -0.1) is 0 Å². The van der Waals surface area contributed by atoms with Gasteiger partial charge in [-0.05, 0) is 38.5 Å². The zero-order valence-electron chi connectivity index (χ0n) is 12.2. The van der Waals surface area contributed by atoms with Gasteiger partial charge < -0.3 is 15.3 Å². The molecule has 1 unspecified atom stereocenters. The first-order valence-corrected chi connectivity index (χ1v) is 7.18. The highest BCUT2D eigenvalue weighted by atomic mass is 16.4. The number of hydrogen-bond donors (Lipinski definition) is 2. The average Bonchev–Trinajstić information content (AvgIpc) is 2.36. The van der Waals surface area contributed by atoms with Gasteiger partial charge in [-0.3, -0.25) is 4.79 Å². The number of nitrogens with zero attached hydrogens (tertiary/aromatic N) is 1. The molecule has 0 radical (unpaired) electrons. The highest BCUT2D eigenvalue weighted by Crippen LogP contribution is 2.17. The molecule has 2 atom stereocenters. The Morgan fingerprint density at radius 1 is 1.32 bits per heavy atom. The van der Waals surface area contributed by atoms with Crippen LogP contribution in [0.15, 0.2) is 0 Å². The van der Waals surface area contributed by atoms with Crippen LogP contribution in [0.3, 0.4) is 0 Å². The molecular weight excluding hydrogens is 244 g/mol. The van der Waals surface area contributed by atoms with Crippen molar-refractivity contribution in [3.63, 3.8) is 0 Å². The maximum absolute atomic E-state index is 12.0. The van der Waals surface area contributed by atoms with Gasteiger partial charge in [-0.1, -0.05) is 13.8 Å². The second-order valence-electron chi connectivity index (χ2n) is 5.95. The molecule has 0 aromatic heterocycles. The monoisotopic (exact) mass is 270 g/mol. The van der Waals surface area contributed by atoms with Crippen LogP contribution < -0.4 is 5.32 Å². The fourth-order valence-corrected chi connectivity index (χ4v) is 2.32. The molecule has 1 heterocycles. The Balaban J connectivity index is 2.38. The van der Waals surface area contributed by atoms with Crippen LogP contribution >= 0.6 is 0 Å². The summed E-state index contributed by atoms with van der Waals surface area (Å²) in [5, 5.41) is 12.0. The molecule has 0 spiro atoms. The second-order valence-corrected chi connectivity index (χ2v) is 5.95. The van der Waals surface area contributed by atoms with Gasteiger partial charge in [0.05, 0.1) is 5.92 Å². The highest BCUT2D eigenvalue weighted by molar-refractivity contribution is 5.76. The molecule has 2 N–H and O–H groups in total. The van der Waals surface area contributed by atoms with Crippen molar-refractivity contribution in [1.29, 1.82) is 0 Å². The summed E-state index contributed by atoms with van der Waals surface area (Å²) in [5.74, 6) is -0.582. The van der Waals surface area contributed by atoms with Crippen molar-refractivity contribution in [2.75, 3.05) is 13.1 Å². The van der Waals surface area contributed by atoms with E-state index in [4.69, 9.17) is 5.11 Å². The standard InChI is InChI=1S/C14H26N2O3/c1-10(2)6-7-11(3)15-14(19)16-8-4-5-12(9-16)13(17)18/h10-12H,4-9H2,1-3H3,(H,15,19)(H,17,18)/t11?,12-/m0/s1. The summed E-state index contributed by atoms with van der Waals surface area (Å²) in [6.45, 7) is 7.32. The van der Waals surface area contributed by atoms with Crippen LogP contribution in [0.25, 0.3) is 0 Å². The average molecular weight is 270 g/mol. The summed E-state index contributed by atoms with van der Waals surface area (Å²) in [7, 11) is 0. The number of aliphatic carboxylic acids is 1. The van der Waals surface area contributed by atoms with Crippen molar-refractivity contribution in [2.24, 2.45) is 11.8 Å². The van der Waals surface area contributed by atoms with Gasteiger partial charge in [0, 0.05) is 19.1 Å². The van der Waals surface area contributed by atoms with E-state index < -0.39 is 11.9 Å². The predicted molar refractivity (Wildman–Crippen MR) is 74.0 cm³/mol. The number of carboxylic acids is 1. The van der Waals surface area contributed by atoms with E-state index in [1.165, 1.54) is 0 Å². The number of urea groups is 1. The first-order chi connectivity index (χ1) is 8.90. The number of carboxylic acid groups (broad SMARTS) is 1. The maximum Gasteiger partial charge on any atom is 0.317 e. The zero-order valence-corrected chi connectivity index (χ0v) is 12.2. The third kappa shape index (κ3) is 5.49. The Hall–Kier alpha value is -1.26. The molecule has 1 fully saturated rings. The van der Waals surface area contributed by atoms with Crippen molar-refractivity contribution in [3.8, 4) is 0 Å². The Kier molecular flexibility index (Phi) is 6.12. The number of likely N-dealkylation sites (tertiary alicyclic amines) is 1. The number of hydrogen-bond acceptors (Lipinski definition) is 2. The third-order valence-corrected chi connectivity index (χ3v) is 3.60. The van der Waals surface area contributed by atoms with Gasteiger partial charge in [-0.25, -0.2) is 4.79 Å². The fourth-order valence-electron chi connectivity index (χ4n) is 2.32. The van der Waals surface area contributed by atoms with Gasteiger partial charge >= 0.3 is 12.0 Å². The minimum absolute atomic E-state index is 0.123. The molecule has 0 aromatic rings. The lowest BCUT2D eigenvalue weighted by atomic mass is 9.98. The molecule has 0 saturated carbocycles. The van der Waals surface area contributed by atoms with E-state index in [1.807, 2.05) is 6.92 Å².